The summed E-state index contributed by atoms with van der Waals surface area (Å²) in [7, 11) is -2.68. The van der Waals surface area contributed by atoms with Crippen molar-refractivity contribution in [2.75, 3.05) is 26.4 Å². The van der Waals surface area contributed by atoms with Gasteiger partial charge in [-0.15, -0.1) is 0 Å². The van der Waals surface area contributed by atoms with Crippen molar-refractivity contribution in [1.82, 2.24) is 4.90 Å². The molecule has 0 atom stereocenters. The van der Waals surface area contributed by atoms with Gasteiger partial charge in [0.15, 0.2) is 0 Å². The van der Waals surface area contributed by atoms with E-state index in [-0.39, 0.29) is 11.6 Å². The van der Waals surface area contributed by atoms with Crippen LogP contribution in [0.15, 0.2) is 0 Å². The third-order valence-electron chi connectivity index (χ3n) is 3.38. The summed E-state index contributed by atoms with van der Waals surface area (Å²) in [4.78, 5) is 14.3. The van der Waals surface area contributed by atoms with Crippen LogP contribution in [0.5, 0.6) is 0 Å². The fourth-order valence-electron chi connectivity index (χ4n) is 2.47. The molecule has 0 bridgehead atoms. The molecule has 0 saturated heterocycles. The van der Waals surface area contributed by atoms with E-state index in [0.717, 1.165) is 6.42 Å². The van der Waals surface area contributed by atoms with E-state index in [1.165, 1.54) is 0 Å². The van der Waals surface area contributed by atoms with Gasteiger partial charge in [0.1, 0.15) is 5.60 Å². The van der Waals surface area contributed by atoms with Crippen LogP contribution in [0.1, 0.15) is 68.7 Å². The molecule has 0 aliphatic carbocycles. The minimum atomic E-state index is -2.68. The molecule has 7 heteroatoms. The lowest BCUT2D eigenvalue weighted by molar-refractivity contribution is 0.00536. The van der Waals surface area contributed by atoms with Crippen molar-refractivity contribution >= 4 is 14.9 Å². The molecule has 0 heterocycles. The molecule has 0 rings (SSSR count). The lowest BCUT2D eigenvalue weighted by Gasteiger charge is -2.37. The third-order valence-corrected chi connectivity index (χ3v) is 6.53. The molecule has 0 aromatic heterocycles. The average Bonchev–Trinajstić information content (AvgIpc) is 2.41. The van der Waals surface area contributed by atoms with Gasteiger partial charge < -0.3 is 22.9 Å². The van der Waals surface area contributed by atoms with Crippen molar-refractivity contribution in [1.29, 1.82) is 0 Å². The first-order valence-corrected chi connectivity index (χ1v) is 11.3. The van der Waals surface area contributed by atoms with E-state index in [2.05, 4.69) is 0 Å². The van der Waals surface area contributed by atoms with Gasteiger partial charge in [-0.1, -0.05) is 0 Å². The first-order chi connectivity index (χ1) is 11.4. The second-order valence-electron chi connectivity index (χ2n) is 7.89. The van der Waals surface area contributed by atoms with Crippen molar-refractivity contribution < 1.29 is 22.8 Å². The Bertz CT molecular complexity index is 373. The summed E-state index contributed by atoms with van der Waals surface area (Å²) in [5.74, 6) is 0. The Kier molecular flexibility index (Phi) is 10.2. The highest BCUT2D eigenvalue weighted by molar-refractivity contribution is 6.60. The van der Waals surface area contributed by atoms with Crippen LogP contribution in [0.4, 0.5) is 4.79 Å². The summed E-state index contributed by atoms with van der Waals surface area (Å²) in [6.45, 7) is 19.7. The number of ether oxygens (including phenoxy) is 1. The molecule has 0 aliphatic heterocycles. The van der Waals surface area contributed by atoms with Crippen molar-refractivity contribution in [2.45, 2.75) is 85.9 Å². The fourth-order valence-corrected chi connectivity index (χ4v) is 5.07. The summed E-state index contributed by atoms with van der Waals surface area (Å²) >= 11 is 0. The highest BCUT2D eigenvalue weighted by atomic mass is 28.4. The van der Waals surface area contributed by atoms with Crippen LogP contribution in [0.3, 0.4) is 0 Å². The zero-order valence-corrected chi connectivity index (χ0v) is 18.7. The molecular weight excluding hydrogens is 338 g/mol. The van der Waals surface area contributed by atoms with Gasteiger partial charge in [-0.05, 0) is 68.7 Å². The Hall–Kier alpha value is -0.633. The maximum Gasteiger partial charge on any atom is 0.500 e. The van der Waals surface area contributed by atoms with Crippen LogP contribution in [0.2, 0.25) is 6.04 Å². The topological polar surface area (TPSA) is 57.2 Å². The maximum atomic E-state index is 12.6. The van der Waals surface area contributed by atoms with Gasteiger partial charge in [0.2, 0.25) is 0 Å². The standard InChI is InChI=1S/C18H39NO5Si/c1-10-21-25(22-11-2,23-12-3)15-13-14-19(17(4,5)6)16(20)24-18(7,8)9/h10-15H2,1-9H3. The second-order valence-corrected chi connectivity index (χ2v) is 10.6. The Morgan fingerprint density at radius 1 is 0.880 bits per heavy atom. The van der Waals surface area contributed by atoms with Gasteiger partial charge in [0, 0.05) is 37.9 Å². The van der Waals surface area contributed by atoms with Crippen LogP contribution in [0.25, 0.3) is 0 Å². The first-order valence-electron chi connectivity index (χ1n) is 9.33. The predicted octanol–water partition coefficient (Wildman–Crippen LogP) is 4.46. The van der Waals surface area contributed by atoms with Crippen molar-refractivity contribution in [2.24, 2.45) is 0 Å². The third kappa shape index (κ3) is 9.58. The quantitative estimate of drug-likeness (QED) is 0.526. The maximum absolute atomic E-state index is 12.6. The van der Waals surface area contributed by atoms with Crippen molar-refractivity contribution in [3.63, 3.8) is 0 Å². The van der Waals surface area contributed by atoms with Gasteiger partial charge >= 0.3 is 14.9 Å². The summed E-state index contributed by atoms with van der Waals surface area (Å²) in [5, 5.41) is 0. The zero-order chi connectivity index (χ0) is 19.7. The first kappa shape index (κ1) is 24.4. The van der Waals surface area contributed by atoms with Gasteiger partial charge in [-0.25, -0.2) is 4.79 Å². The monoisotopic (exact) mass is 377 g/mol. The van der Waals surface area contributed by atoms with Crippen molar-refractivity contribution in [3.8, 4) is 0 Å². The summed E-state index contributed by atoms with van der Waals surface area (Å²) in [6.07, 6.45) is 0.444. The number of amides is 1. The van der Waals surface area contributed by atoms with E-state index >= 15 is 0 Å². The fraction of sp³-hybridized carbons (Fsp3) is 0.944. The largest absolute Gasteiger partial charge is 0.500 e. The highest BCUT2D eigenvalue weighted by Crippen LogP contribution is 2.23. The van der Waals surface area contributed by atoms with E-state index in [1.54, 1.807) is 4.90 Å². The number of hydrogen-bond donors (Lipinski definition) is 0. The smallest absolute Gasteiger partial charge is 0.444 e. The van der Waals surface area contributed by atoms with E-state index in [1.807, 2.05) is 62.3 Å². The zero-order valence-electron chi connectivity index (χ0n) is 17.7. The molecule has 0 saturated carbocycles. The normalized spacial score (nSPS) is 13.0. The minimum absolute atomic E-state index is 0.295. The number of carbonyl (C=O) groups excluding carboxylic acids is 1. The van der Waals surface area contributed by atoms with Crippen LogP contribution in [0, 0.1) is 0 Å². The molecule has 0 N–H and O–H groups in total. The summed E-state index contributed by atoms with van der Waals surface area (Å²) < 4.78 is 23.2. The molecule has 0 radical (unpaired) electrons. The van der Waals surface area contributed by atoms with Crippen LogP contribution in [-0.4, -0.2) is 57.3 Å². The summed E-state index contributed by atoms with van der Waals surface area (Å²) in [5.41, 5.74) is -0.837. The molecule has 0 spiro atoms. The number of hydrogen-bond acceptors (Lipinski definition) is 5. The lowest BCUT2D eigenvalue weighted by Crippen LogP contribution is -2.50. The van der Waals surface area contributed by atoms with Gasteiger partial charge in [0.05, 0.1) is 0 Å². The van der Waals surface area contributed by atoms with Gasteiger partial charge in [-0.2, -0.15) is 0 Å². The number of rotatable bonds is 10. The SMILES string of the molecule is CCO[Si](CCCN(C(=O)OC(C)(C)C)C(C)(C)C)(OCC)OCC. The minimum Gasteiger partial charge on any atom is -0.444 e. The Labute approximate surface area is 155 Å². The summed E-state index contributed by atoms with van der Waals surface area (Å²) in [6, 6.07) is 0.678. The molecule has 0 aliphatic rings. The van der Waals surface area contributed by atoms with Crippen LogP contribution < -0.4 is 0 Å². The van der Waals surface area contributed by atoms with Crippen molar-refractivity contribution in [3.05, 3.63) is 0 Å². The van der Waals surface area contributed by atoms with Crippen LogP contribution >= 0.6 is 0 Å². The molecule has 0 aromatic rings. The van der Waals surface area contributed by atoms with Gasteiger partial charge in [0.25, 0.3) is 0 Å². The molecule has 0 aromatic carbocycles. The van der Waals surface area contributed by atoms with Crippen LogP contribution in [-0.2, 0) is 18.0 Å². The lowest BCUT2D eigenvalue weighted by atomic mass is 10.1. The Balaban J connectivity index is 5.00. The highest BCUT2D eigenvalue weighted by Gasteiger charge is 2.40. The number of carbonyl (C=O) groups is 1. The molecule has 25 heavy (non-hydrogen) atoms. The molecular formula is C18H39NO5Si. The van der Waals surface area contributed by atoms with E-state index in [0.29, 0.717) is 32.4 Å². The molecule has 0 fully saturated rings. The van der Waals surface area contributed by atoms with Gasteiger partial charge in [-0.3, -0.25) is 0 Å². The average molecular weight is 378 g/mol. The molecule has 6 nitrogen and oxygen atoms in total. The molecule has 1 amide bonds. The number of nitrogens with zero attached hydrogens (tertiary/aromatic N) is 1. The molecule has 0 unspecified atom stereocenters. The molecule has 150 valence electrons. The van der Waals surface area contributed by atoms with E-state index in [9.17, 15) is 4.79 Å². The predicted molar refractivity (Wildman–Crippen MR) is 103 cm³/mol. The Morgan fingerprint density at radius 2 is 1.32 bits per heavy atom. The van der Waals surface area contributed by atoms with E-state index in [4.69, 9.17) is 18.0 Å². The second kappa shape index (κ2) is 10.5. The van der Waals surface area contributed by atoms with E-state index < -0.39 is 14.4 Å². The Morgan fingerprint density at radius 3 is 1.64 bits per heavy atom.